The second-order valence-corrected chi connectivity index (χ2v) is 6.21. The molecule has 118 valence electrons. The molecule has 0 aromatic heterocycles. The first-order valence-corrected chi connectivity index (χ1v) is 8.34. The number of nitrogens with one attached hydrogen (secondary N) is 1. The van der Waals surface area contributed by atoms with Gasteiger partial charge in [0.2, 0.25) is 0 Å². The van der Waals surface area contributed by atoms with E-state index in [1.54, 1.807) is 0 Å². The first-order valence-electron chi connectivity index (χ1n) is 8.34. The van der Waals surface area contributed by atoms with Crippen LogP contribution in [0.5, 0.6) is 5.75 Å². The van der Waals surface area contributed by atoms with Crippen molar-refractivity contribution in [1.82, 2.24) is 10.2 Å². The van der Waals surface area contributed by atoms with E-state index in [0.717, 1.165) is 32.0 Å². The smallest absolute Gasteiger partial charge is 0.119 e. The molecule has 0 radical (unpaired) electrons. The zero-order valence-electron chi connectivity index (χ0n) is 13.8. The summed E-state index contributed by atoms with van der Waals surface area (Å²) >= 11 is 0. The Morgan fingerprint density at radius 2 is 1.95 bits per heavy atom. The predicted molar refractivity (Wildman–Crippen MR) is 89.2 cm³/mol. The number of benzene rings is 1. The van der Waals surface area contributed by atoms with Crippen LogP contribution in [0.2, 0.25) is 0 Å². The van der Waals surface area contributed by atoms with Gasteiger partial charge < -0.3 is 10.1 Å². The molecule has 1 heterocycles. The molecule has 1 N–H and O–H groups in total. The van der Waals surface area contributed by atoms with Crippen LogP contribution in [0.3, 0.4) is 0 Å². The number of hydrogen-bond acceptors (Lipinski definition) is 3. The van der Waals surface area contributed by atoms with Crippen LogP contribution in [0.1, 0.15) is 37.3 Å². The third-order valence-corrected chi connectivity index (χ3v) is 4.21. The van der Waals surface area contributed by atoms with Crippen LogP contribution in [0, 0.1) is 13.8 Å². The predicted octanol–water partition coefficient (Wildman–Crippen LogP) is 3.15. The van der Waals surface area contributed by atoms with E-state index in [-0.39, 0.29) is 0 Å². The molecular formula is C18H30N2O. The van der Waals surface area contributed by atoms with Gasteiger partial charge in [-0.25, -0.2) is 0 Å². The average molecular weight is 290 g/mol. The molecule has 3 heteroatoms. The number of nitrogens with zero attached hydrogens (tertiary/aromatic N) is 1. The summed E-state index contributed by atoms with van der Waals surface area (Å²) in [5, 5.41) is 3.62. The lowest BCUT2D eigenvalue weighted by molar-refractivity contribution is 0.190. The Morgan fingerprint density at radius 1 is 1.19 bits per heavy atom. The number of piperidine rings is 1. The van der Waals surface area contributed by atoms with E-state index in [0.29, 0.717) is 6.04 Å². The largest absolute Gasteiger partial charge is 0.492 e. The Labute approximate surface area is 129 Å². The van der Waals surface area contributed by atoms with Crippen LogP contribution < -0.4 is 10.1 Å². The summed E-state index contributed by atoms with van der Waals surface area (Å²) in [5.74, 6) is 0.999. The quantitative estimate of drug-likeness (QED) is 0.835. The van der Waals surface area contributed by atoms with Crippen molar-refractivity contribution in [3.05, 3.63) is 29.3 Å². The molecule has 1 fully saturated rings. The van der Waals surface area contributed by atoms with Gasteiger partial charge in [0.25, 0.3) is 0 Å². The minimum absolute atomic E-state index is 0.667. The molecule has 21 heavy (non-hydrogen) atoms. The second kappa shape index (κ2) is 8.40. The summed E-state index contributed by atoms with van der Waals surface area (Å²) in [4.78, 5) is 2.49. The second-order valence-electron chi connectivity index (χ2n) is 6.21. The van der Waals surface area contributed by atoms with Crippen LogP contribution in [0.25, 0.3) is 0 Å². The third kappa shape index (κ3) is 5.68. The van der Waals surface area contributed by atoms with E-state index in [1.165, 1.54) is 36.9 Å². The summed E-state index contributed by atoms with van der Waals surface area (Å²) in [6, 6.07) is 7.08. The van der Waals surface area contributed by atoms with Crippen molar-refractivity contribution in [1.29, 1.82) is 0 Å². The first-order chi connectivity index (χ1) is 10.2. The van der Waals surface area contributed by atoms with Gasteiger partial charge in [0.05, 0.1) is 0 Å². The number of aryl methyl sites for hydroxylation is 2. The lowest BCUT2D eigenvalue weighted by Gasteiger charge is -2.29. The summed E-state index contributed by atoms with van der Waals surface area (Å²) in [6.45, 7) is 11.7. The maximum atomic E-state index is 5.93. The fraction of sp³-hybridized carbons (Fsp3) is 0.667. The summed E-state index contributed by atoms with van der Waals surface area (Å²) < 4.78 is 5.93. The highest BCUT2D eigenvalue weighted by molar-refractivity contribution is 5.32. The van der Waals surface area contributed by atoms with Crippen molar-refractivity contribution in [2.75, 3.05) is 32.8 Å². The van der Waals surface area contributed by atoms with E-state index in [1.807, 2.05) is 0 Å². The lowest BCUT2D eigenvalue weighted by atomic mass is 10.0. The van der Waals surface area contributed by atoms with E-state index >= 15 is 0 Å². The van der Waals surface area contributed by atoms with E-state index in [2.05, 4.69) is 49.2 Å². The van der Waals surface area contributed by atoms with Gasteiger partial charge >= 0.3 is 0 Å². The summed E-state index contributed by atoms with van der Waals surface area (Å²) in [6.07, 6.45) is 4.02. The van der Waals surface area contributed by atoms with Crippen LogP contribution in [0.15, 0.2) is 18.2 Å². The molecule has 1 unspecified atom stereocenters. The summed E-state index contributed by atoms with van der Waals surface area (Å²) in [7, 11) is 0. The van der Waals surface area contributed by atoms with Gasteiger partial charge in [-0.05, 0) is 63.0 Å². The minimum Gasteiger partial charge on any atom is -0.492 e. The Kier molecular flexibility index (Phi) is 6.52. The fourth-order valence-corrected chi connectivity index (χ4v) is 3.08. The molecule has 3 nitrogen and oxygen atoms in total. The van der Waals surface area contributed by atoms with Gasteiger partial charge in [-0.2, -0.15) is 0 Å². The Morgan fingerprint density at radius 3 is 2.57 bits per heavy atom. The molecule has 0 bridgehead atoms. The Bertz CT molecular complexity index is 407. The van der Waals surface area contributed by atoms with Crippen molar-refractivity contribution < 1.29 is 4.74 Å². The van der Waals surface area contributed by atoms with E-state index in [9.17, 15) is 0 Å². The maximum Gasteiger partial charge on any atom is 0.119 e. The fourth-order valence-electron chi connectivity index (χ4n) is 3.08. The molecular weight excluding hydrogens is 260 g/mol. The van der Waals surface area contributed by atoms with Gasteiger partial charge in [0.15, 0.2) is 0 Å². The molecule has 1 aliphatic rings. The highest BCUT2D eigenvalue weighted by atomic mass is 16.5. The van der Waals surface area contributed by atoms with Crippen LogP contribution in [0.4, 0.5) is 0 Å². The van der Waals surface area contributed by atoms with Crippen molar-refractivity contribution in [3.63, 3.8) is 0 Å². The van der Waals surface area contributed by atoms with Crippen LogP contribution in [-0.4, -0.2) is 43.7 Å². The third-order valence-electron chi connectivity index (χ3n) is 4.21. The van der Waals surface area contributed by atoms with E-state index < -0.39 is 0 Å². The highest BCUT2D eigenvalue weighted by Gasteiger charge is 2.15. The van der Waals surface area contributed by atoms with Gasteiger partial charge in [-0.3, -0.25) is 4.90 Å². The molecule has 0 saturated carbocycles. The molecule has 1 aliphatic heterocycles. The normalized spacial score (nSPS) is 19.0. The van der Waals surface area contributed by atoms with Gasteiger partial charge in [0.1, 0.15) is 12.4 Å². The molecule has 0 aliphatic carbocycles. The first kappa shape index (κ1) is 16.3. The van der Waals surface area contributed by atoms with Crippen molar-refractivity contribution in [2.24, 2.45) is 0 Å². The average Bonchev–Trinajstić information content (AvgIpc) is 2.46. The zero-order chi connectivity index (χ0) is 15.1. The topological polar surface area (TPSA) is 24.5 Å². The molecule has 0 spiro atoms. The van der Waals surface area contributed by atoms with Crippen LogP contribution >= 0.6 is 0 Å². The Hall–Kier alpha value is -1.06. The molecule has 1 aromatic rings. The summed E-state index contributed by atoms with van der Waals surface area (Å²) in [5.41, 5.74) is 2.53. The highest BCUT2D eigenvalue weighted by Crippen LogP contribution is 2.16. The SMILES string of the molecule is CCN(CCOc1cc(C)cc(C)c1)CC1CCCCN1. The van der Waals surface area contributed by atoms with Crippen molar-refractivity contribution >= 4 is 0 Å². The molecule has 1 saturated heterocycles. The van der Waals surface area contributed by atoms with Gasteiger partial charge in [-0.15, -0.1) is 0 Å². The number of likely N-dealkylation sites (N-methyl/N-ethyl adjacent to an activating group) is 1. The minimum atomic E-state index is 0.667. The monoisotopic (exact) mass is 290 g/mol. The van der Waals surface area contributed by atoms with Crippen molar-refractivity contribution in [2.45, 2.75) is 46.1 Å². The maximum absolute atomic E-state index is 5.93. The van der Waals surface area contributed by atoms with Gasteiger partial charge in [-0.1, -0.05) is 19.4 Å². The lowest BCUT2D eigenvalue weighted by Crippen LogP contribution is -2.44. The number of hydrogen-bond donors (Lipinski definition) is 1. The molecule has 1 atom stereocenters. The standard InChI is InChI=1S/C18H30N2O/c1-4-20(14-17-7-5-6-8-19-17)9-10-21-18-12-15(2)11-16(3)13-18/h11-13,17,19H,4-10,14H2,1-3H3. The molecule has 0 amide bonds. The van der Waals surface area contributed by atoms with Crippen LogP contribution in [-0.2, 0) is 0 Å². The number of rotatable bonds is 7. The van der Waals surface area contributed by atoms with Gasteiger partial charge in [0, 0.05) is 19.1 Å². The molecule has 1 aromatic carbocycles. The van der Waals surface area contributed by atoms with E-state index in [4.69, 9.17) is 4.74 Å². The van der Waals surface area contributed by atoms with Crippen molar-refractivity contribution in [3.8, 4) is 5.75 Å². The zero-order valence-corrected chi connectivity index (χ0v) is 13.8. The molecule has 2 rings (SSSR count). The Balaban J connectivity index is 1.74. The number of ether oxygens (including phenoxy) is 1.